The molecule has 0 unspecified atom stereocenters. The smallest absolute Gasteiger partial charge is 0.0275 e. The number of hydrogen-bond acceptors (Lipinski definition) is 3. The summed E-state index contributed by atoms with van der Waals surface area (Å²) >= 11 is 4.61. The first-order valence-corrected chi connectivity index (χ1v) is 5.36. The van der Waals surface area contributed by atoms with Crippen molar-refractivity contribution in [1.29, 1.82) is 0 Å². The fourth-order valence-corrected chi connectivity index (χ4v) is 2.64. The predicted octanol–water partition coefficient (Wildman–Crippen LogP) is 2.07. The van der Waals surface area contributed by atoms with E-state index in [1.807, 2.05) is 7.05 Å². The van der Waals surface area contributed by atoms with Crippen LogP contribution in [0, 0.1) is 0 Å². The van der Waals surface area contributed by atoms with Crippen LogP contribution in [0.1, 0.15) is 40.5 Å². The molecule has 0 spiro atoms. The molecular formula is C10H22N2S. The Morgan fingerprint density at radius 2 is 1.54 bits per heavy atom. The Hall–Kier alpha value is 0.270. The standard InChI is InChI=1S/C10H22N2S/c1-9(2)6-8(11-5)7-10(3,4)12(9)13/h8,11,13H,6-7H2,1-5H3. The van der Waals surface area contributed by atoms with Gasteiger partial charge in [-0.3, -0.25) is 0 Å². The van der Waals surface area contributed by atoms with Crippen molar-refractivity contribution in [2.45, 2.75) is 57.7 Å². The molecule has 1 aliphatic heterocycles. The van der Waals surface area contributed by atoms with E-state index in [4.69, 9.17) is 0 Å². The number of rotatable bonds is 1. The summed E-state index contributed by atoms with van der Waals surface area (Å²) in [6.45, 7) is 9.02. The Balaban J connectivity index is 2.82. The zero-order valence-corrected chi connectivity index (χ0v) is 10.3. The maximum atomic E-state index is 4.61. The molecular weight excluding hydrogens is 180 g/mol. The highest BCUT2D eigenvalue weighted by molar-refractivity contribution is 7.77. The molecule has 1 fully saturated rings. The molecule has 78 valence electrons. The van der Waals surface area contributed by atoms with Crippen molar-refractivity contribution < 1.29 is 0 Å². The minimum atomic E-state index is 0.179. The molecule has 0 amide bonds. The third kappa shape index (κ3) is 2.20. The molecule has 0 aromatic rings. The van der Waals surface area contributed by atoms with Crippen LogP contribution >= 0.6 is 12.8 Å². The van der Waals surface area contributed by atoms with Gasteiger partial charge in [0.05, 0.1) is 0 Å². The van der Waals surface area contributed by atoms with Gasteiger partial charge in [0.15, 0.2) is 0 Å². The van der Waals surface area contributed by atoms with E-state index >= 15 is 0 Å². The zero-order valence-electron chi connectivity index (χ0n) is 9.39. The van der Waals surface area contributed by atoms with Gasteiger partial charge in [0.25, 0.3) is 0 Å². The lowest BCUT2D eigenvalue weighted by Crippen LogP contribution is -2.59. The molecule has 0 bridgehead atoms. The monoisotopic (exact) mass is 202 g/mol. The van der Waals surface area contributed by atoms with E-state index in [1.54, 1.807) is 0 Å². The van der Waals surface area contributed by atoms with Crippen molar-refractivity contribution in [3.05, 3.63) is 0 Å². The summed E-state index contributed by atoms with van der Waals surface area (Å²) in [5, 5.41) is 3.38. The number of nitrogens with one attached hydrogen (secondary N) is 1. The predicted molar refractivity (Wildman–Crippen MR) is 61.1 cm³/mol. The normalized spacial score (nSPS) is 29.1. The fourth-order valence-electron chi connectivity index (χ4n) is 2.47. The minimum Gasteiger partial charge on any atom is -0.317 e. The summed E-state index contributed by atoms with van der Waals surface area (Å²) in [6.07, 6.45) is 2.33. The average Bonchev–Trinajstić information content (AvgIpc) is 1.99. The molecule has 0 atom stereocenters. The van der Waals surface area contributed by atoms with Crippen LogP contribution < -0.4 is 5.32 Å². The van der Waals surface area contributed by atoms with Gasteiger partial charge < -0.3 is 5.32 Å². The fraction of sp³-hybridized carbons (Fsp3) is 1.00. The summed E-state index contributed by atoms with van der Waals surface area (Å²) in [7, 11) is 2.05. The Bertz CT molecular complexity index is 171. The maximum absolute atomic E-state index is 4.61. The summed E-state index contributed by atoms with van der Waals surface area (Å²) in [5.41, 5.74) is 0.358. The second-order valence-corrected chi connectivity index (χ2v) is 5.73. The van der Waals surface area contributed by atoms with Gasteiger partial charge in [0, 0.05) is 17.1 Å². The lowest BCUT2D eigenvalue weighted by molar-refractivity contribution is 0.0497. The molecule has 1 saturated heterocycles. The van der Waals surface area contributed by atoms with Crippen LogP contribution in [0.2, 0.25) is 0 Å². The van der Waals surface area contributed by atoms with E-state index in [0.717, 1.165) is 12.8 Å². The van der Waals surface area contributed by atoms with Gasteiger partial charge in [-0.1, -0.05) is 12.8 Å². The Morgan fingerprint density at radius 1 is 1.15 bits per heavy atom. The largest absolute Gasteiger partial charge is 0.317 e. The first kappa shape index (κ1) is 11.3. The van der Waals surface area contributed by atoms with E-state index in [0.29, 0.717) is 6.04 Å². The van der Waals surface area contributed by atoms with Crippen molar-refractivity contribution in [2.24, 2.45) is 0 Å². The molecule has 1 heterocycles. The first-order valence-electron chi connectivity index (χ1n) is 4.96. The topological polar surface area (TPSA) is 15.3 Å². The molecule has 1 aliphatic rings. The van der Waals surface area contributed by atoms with Gasteiger partial charge in [0.2, 0.25) is 0 Å². The van der Waals surface area contributed by atoms with Crippen LogP contribution in [0.4, 0.5) is 0 Å². The van der Waals surface area contributed by atoms with Gasteiger partial charge >= 0.3 is 0 Å². The van der Waals surface area contributed by atoms with Gasteiger partial charge in [-0.05, 0) is 47.6 Å². The van der Waals surface area contributed by atoms with Crippen molar-refractivity contribution in [3.63, 3.8) is 0 Å². The van der Waals surface area contributed by atoms with Gasteiger partial charge in [-0.2, -0.15) is 0 Å². The van der Waals surface area contributed by atoms with Crippen molar-refractivity contribution >= 4 is 12.8 Å². The van der Waals surface area contributed by atoms with Crippen molar-refractivity contribution in [3.8, 4) is 0 Å². The van der Waals surface area contributed by atoms with Crippen LogP contribution in [-0.4, -0.2) is 28.5 Å². The highest BCUT2D eigenvalue weighted by Crippen LogP contribution is 2.39. The Kier molecular flexibility index (Phi) is 3.01. The van der Waals surface area contributed by atoms with Crippen LogP contribution in [0.3, 0.4) is 0 Å². The molecule has 0 aliphatic carbocycles. The van der Waals surface area contributed by atoms with Crippen LogP contribution in [0.15, 0.2) is 0 Å². The van der Waals surface area contributed by atoms with Gasteiger partial charge in [0.1, 0.15) is 0 Å². The third-order valence-corrected chi connectivity index (χ3v) is 4.13. The van der Waals surface area contributed by atoms with Crippen molar-refractivity contribution in [2.75, 3.05) is 7.05 Å². The summed E-state index contributed by atoms with van der Waals surface area (Å²) in [5.74, 6) is 0. The van der Waals surface area contributed by atoms with Crippen molar-refractivity contribution in [1.82, 2.24) is 9.62 Å². The first-order chi connectivity index (χ1) is 5.79. The number of thiol groups is 1. The SMILES string of the molecule is CNC1CC(C)(C)N(S)C(C)(C)C1. The van der Waals surface area contributed by atoms with E-state index in [1.165, 1.54) is 0 Å². The third-order valence-electron chi connectivity index (χ3n) is 3.05. The summed E-state index contributed by atoms with van der Waals surface area (Å²) in [4.78, 5) is 0. The molecule has 1 N–H and O–H groups in total. The highest BCUT2D eigenvalue weighted by atomic mass is 32.1. The Morgan fingerprint density at radius 3 is 1.85 bits per heavy atom. The number of nitrogens with zero attached hydrogens (tertiary/aromatic N) is 1. The molecule has 0 saturated carbocycles. The molecule has 1 rings (SSSR count). The molecule has 2 nitrogen and oxygen atoms in total. The zero-order chi connectivity index (χ0) is 10.3. The molecule has 0 aromatic carbocycles. The molecule has 3 heteroatoms. The summed E-state index contributed by atoms with van der Waals surface area (Å²) < 4.78 is 2.20. The van der Waals surface area contributed by atoms with Crippen LogP contribution in [-0.2, 0) is 0 Å². The Labute approximate surface area is 87.6 Å². The van der Waals surface area contributed by atoms with Gasteiger partial charge in [-0.25, -0.2) is 4.31 Å². The summed E-state index contributed by atoms with van der Waals surface area (Å²) in [6, 6.07) is 0.619. The van der Waals surface area contributed by atoms with E-state index in [9.17, 15) is 0 Å². The average molecular weight is 202 g/mol. The highest BCUT2D eigenvalue weighted by Gasteiger charge is 2.43. The quantitative estimate of drug-likeness (QED) is 0.633. The molecule has 13 heavy (non-hydrogen) atoms. The minimum absolute atomic E-state index is 0.179. The van der Waals surface area contributed by atoms with E-state index < -0.39 is 0 Å². The second-order valence-electron chi connectivity index (χ2n) is 5.33. The number of hydrogen-bond donors (Lipinski definition) is 2. The van der Waals surface area contributed by atoms with E-state index in [2.05, 4.69) is 50.1 Å². The van der Waals surface area contributed by atoms with Gasteiger partial charge in [-0.15, -0.1) is 0 Å². The molecule has 0 radical (unpaired) electrons. The number of piperidine rings is 1. The van der Waals surface area contributed by atoms with Crippen LogP contribution in [0.25, 0.3) is 0 Å². The van der Waals surface area contributed by atoms with E-state index in [-0.39, 0.29) is 11.1 Å². The lowest BCUT2D eigenvalue weighted by Gasteiger charge is -2.52. The maximum Gasteiger partial charge on any atom is 0.0275 e. The molecule has 0 aromatic heterocycles. The second kappa shape index (κ2) is 3.44. The van der Waals surface area contributed by atoms with Crippen LogP contribution in [0.5, 0.6) is 0 Å². The lowest BCUT2D eigenvalue weighted by atomic mass is 9.79.